The van der Waals surface area contributed by atoms with Gasteiger partial charge in [0.2, 0.25) is 5.79 Å². The summed E-state index contributed by atoms with van der Waals surface area (Å²) in [6, 6.07) is 0. The van der Waals surface area contributed by atoms with Gasteiger partial charge in [-0.15, -0.1) is 0 Å². The van der Waals surface area contributed by atoms with E-state index in [1.807, 2.05) is 0 Å². The summed E-state index contributed by atoms with van der Waals surface area (Å²) < 4.78 is 4.87. The van der Waals surface area contributed by atoms with Crippen LogP contribution in [0.4, 0.5) is 0 Å². The minimum absolute atomic E-state index is 0.487. The SMILES string of the molecule is C[C@@H]1OC(CO)C(O)C(O)C1(O)O. The fourth-order valence-electron chi connectivity index (χ4n) is 1.29. The van der Waals surface area contributed by atoms with Gasteiger partial charge in [-0.25, -0.2) is 0 Å². The van der Waals surface area contributed by atoms with Crippen molar-refractivity contribution in [3.05, 3.63) is 0 Å². The lowest BCUT2D eigenvalue weighted by molar-refractivity contribution is -0.346. The molecule has 6 nitrogen and oxygen atoms in total. The second kappa shape index (κ2) is 3.49. The lowest BCUT2D eigenvalue weighted by Crippen LogP contribution is -2.65. The van der Waals surface area contributed by atoms with Crippen molar-refractivity contribution < 1.29 is 30.3 Å². The van der Waals surface area contributed by atoms with Crippen LogP contribution in [0.5, 0.6) is 0 Å². The predicted octanol–water partition coefficient (Wildman–Crippen LogP) is -2.83. The normalized spacial score (nSPS) is 44.8. The standard InChI is InChI=1S/C7H14O6/c1-3-7(11,12)6(10)5(9)4(2-8)13-3/h3-6,8-12H,2H2,1H3/t3-,4?,5?,6?/m0/s1. The largest absolute Gasteiger partial charge is 0.394 e. The van der Waals surface area contributed by atoms with Crippen LogP contribution in [0.1, 0.15) is 6.92 Å². The van der Waals surface area contributed by atoms with Crippen LogP contribution in [0.2, 0.25) is 0 Å². The van der Waals surface area contributed by atoms with Crippen molar-refractivity contribution in [1.29, 1.82) is 0 Å². The molecule has 0 aromatic rings. The molecule has 0 amide bonds. The molecular formula is C7H14O6. The average Bonchev–Trinajstić information content (AvgIpc) is 2.09. The molecule has 13 heavy (non-hydrogen) atoms. The molecule has 6 heteroatoms. The zero-order valence-electron chi connectivity index (χ0n) is 7.16. The molecule has 1 aliphatic rings. The maximum Gasteiger partial charge on any atom is 0.219 e. The summed E-state index contributed by atoms with van der Waals surface area (Å²) in [5.74, 6) is -2.48. The third-order valence-corrected chi connectivity index (χ3v) is 2.30. The van der Waals surface area contributed by atoms with Crippen molar-refractivity contribution in [2.75, 3.05) is 6.61 Å². The minimum Gasteiger partial charge on any atom is -0.394 e. The van der Waals surface area contributed by atoms with E-state index in [9.17, 15) is 20.4 Å². The average molecular weight is 194 g/mol. The van der Waals surface area contributed by atoms with Crippen molar-refractivity contribution in [3.8, 4) is 0 Å². The zero-order valence-corrected chi connectivity index (χ0v) is 7.16. The number of ether oxygens (including phenoxy) is 1. The Morgan fingerprint density at radius 3 is 2.31 bits per heavy atom. The summed E-state index contributed by atoms with van der Waals surface area (Å²) in [5.41, 5.74) is 0. The molecule has 4 atom stereocenters. The van der Waals surface area contributed by atoms with Crippen molar-refractivity contribution in [3.63, 3.8) is 0 Å². The van der Waals surface area contributed by atoms with Gasteiger partial charge in [0.25, 0.3) is 0 Å². The Kier molecular flexibility index (Phi) is 2.91. The third kappa shape index (κ3) is 1.69. The summed E-state index contributed by atoms with van der Waals surface area (Å²) >= 11 is 0. The molecule has 0 aromatic heterocycles. The molecule has 1 rings (SSSR count). The lowest BCUT2D eigenvalue weighted by Gasteiger charge is -2.43. The molecular weight excluding hydrogens is 180 g/mol. The highest BCUT2D eigenvalue weighted by Gasteiger charge is 2.51. The van der Waals surface area contributed by atoms with Gasteiger partial charge in [0.05, 0.1) is 6.61 Å². The molecule has 1 fully saturated rings. The fraction of sp³-hybridized carbons (Fsp3) is 1.00. The molecule has 78 valence electrons. The van der Waals surface area contributed by atoms with Crippen LogP contribution in [-0.2, 0) is 4.74 Å². The quantitative estimate of drug-likeness (QED) is 0.288. The van der Waals surface area contributed by atoms with Crippen LogP contribution in [-0.4, -0.2) is 62.3 Å². The van der Waals surface area contributed by atoms with Crippen LogP contribution >= 0.6 is 0 Å². The van der Waals surface area contributed by atoms with Gasteiger partial charge in [0.1, 0.15) is 24.4 Å². The highest BCUT2D eigenvalue weighted by atomic mass is 16.6. The molecule has 0 aliphatic carbocycles. The topological polar surface area (TPSA) is 110 Å². The van der Waals surface area contributed by atoms with Crippen LogP contribution in [0.15, 0.2) is 0 Å². The molecule has 0 radical (unpaired) electrons. The second-order valence-electron chi connectivity index (χ2n) is 3.22. The van der Waals surface area contributed by atoms with Gasteiger partial charge >= 0.3 is 0 Å². The number of hydrogen-bond acceptors (Lipinski definition) is 6. The molecule has 0 bridgehead atoms. The van der Waals surface area contributed by atoms with Crippen molar-refractivity contribution in [1.82, 2.24) is 0 Å². The van der Waals surface area contributed by atoms with E-state index in [0.29, 0.717) is 0 Å². The molecule has 0 saturated carbocycles. The lowest BCUT2D eigenvalue weighted by atomic mass is 9.93. The van der Waals surface area contributed by atoms with Gasteiger partial charge in [-0.3, -0.25) is 0 Å². The van der Waals surface area contributed by atoms with Gasteiger partial charge in [0.15, 0.2) is 0 Å². The number of aliphatic hydroxyl groups excluding tert-OH is 3. The maximum atomic E-state index is 9.24. The first-order valence-electron chi connectivity index (χ1n) is 3.98. The van der Waals surface area contributed by atoms with Crippen molar-refractivity contribution >= 4 is 0 Å². The number of rotatable bonds is 1. The Labute approximate surface area is 75.0 Å². The highest BCUT2D eigenvalue weighted by Crippen LogP contribution is 2.27. The smallest absolute Gasteiger partial charge is 0.219 e. The van der Waals surface area contributed by atoms with Crippen LogP contribution in [0.25, 0.3) is 0 Å². The summed E-state index contributed by atoms with van der Waals surface area (Å²) in [4.78, 5) is 0. The number of hydrogen-bond donors (Lipinski definition) is 5. The second-order valence-corrected chi connectivity index (χ2v) is 3.22. The van der Waals surface area contributed by atoms with E-state index < -0.39 is 36.8 Å². The van der Waals surface area contributed by atoms with E-state index in [-0.39, 0.29) is 0 Å². The first-order chi connectivity index (χ1) is 5.91. The summed E-state index contributed by atoms with van der Waals surface area (Å²) in [5, 5.41) is 45.6. The van der Waals surface area contributed by atoms with Crippen molar-refractivity contribution in [2.45, 2.75) is 37.1 Å². The minimum atomic E-state index is -2.48. The van der Waals surface area contributed by atoms with Crippen LogP contribution in [0, 0.1) is 0 Å². The monoisotopic (exact) mass is 194 g/mol. The Morgan fingerprint density at radius 1 is 1.31 bits per heavy atom. The molecule has 5 N–H and O–H groups in total. The Hall–Kier alpha value is -0.240. The van der Waals surface area contributed by atoms with E-state index in [0.717, 1.165) is 0 Å². The Bertz CT molecular complexity index is 182. The molecule has 3 unspecified atom stereocenters. The van der Waals surface area contributed by atoms with Gasteiger partial charge in [-0.05, 0) is 6.92 Å². The van der Waals surface area contributed by atoms with E-state index in [1.54, 1.807) is 0 Å². The van der Waals surface area contributed by atoms with Gasteiger partial charge in [-0.1, -0.05) is 0 Å². The van der Waals surface area contributed by atoms with Gasteiger partial charge < -0.3 is 30.3 Å². The van der Waals surface area contributed by atoms with Gasteiger partial charge in [0, 0.05) is 0 Å². The third-order valence-electron chi connectivity index (χ3n) is 2.30. The first kappa shape index (κ1) is 10.8. The summed E-state index contributed by atoms with van der Waals surface area (Å²) in [7, 11) is 0. The molecule has 1 aliphatic heterocycles. The van der Waals surface area contributed by atoms with E-state index in [2.05, 4.69) is 0 Å². The number of aliphatic hydroxyl groups is 5. The van der Waals surface area contributed by atoms with Crippen molar-refractivity contribution in [2.24, 2.45) is 0 Å². The predicted molar refractivity (Wildman–Crippen MR) is 40.6 cm³/mol. The van der Waals surface area contributed by atoms with E-state index >= 15 is 0 Å². The maximum absolute atomic E-state index is 9.24. The van der Waals surface area contributed by atoms with Crippen LogP contribution < -0.4 is 0 Å². The Balaban J connectivity index is 2.79. The zero-order chi connectivity index (χ0) is 10.2. The van der Waals surface area contributed by atoms with E-state index in [1.165, 1.54) is 6.92 Å². The van der Waals surface area contributed by atoms with Crippen LogP contribution in [0.3, 0.4) is 0 Å². The summed E-state index contributed by atoms with van der Waals surface area (Å²) in [6.07, 6.45) is -5.30. The van der Waals surface area contributed by atoms with Gasteiger partial charge in [-0.2, -0.15) is 0 Å². The first-order valence-corrected chi connectivity index (χ1v) is 3.98. The molecule has 0 aromatic carbocycles. The molecule has 1 heterocycles. The summed E-state index contributed by atoms with van der Waals surface area (Å²) in [6.45, 7) is 0.844. The molecule has 0 spiro atoms. The fourth-order valence-corrected chi connectivity index (χ4v) is 1.29. The Morgan fingerprint density at radius 2 is 1.85 bits per heavy atom. The van der Waals surface area contributed by atoms with E-state index in [4.69, 9.17) is 9.84 Å². The highest BCUT2D eigenvalue weighted by molar-refractivity contribution is 4.94. The molecule has 1 saturated heterocycles.